The van der Waals surface area contributed by atoms with Crippen LogP contribution in [-0.4, -0.2) is 36.2 Å². The second-order valence-corrected chi connectivity index (χ2v) is 5.17. The summed E-state index contributed by atoms with van der Waals surface area (Å²) < 4.78 is 9.62. The largest absolute Gasteiger partial charge is 0.480 e. The number of carboxylic acid groups (broad SMARTS) is 1. The van der Waals surface area contributed by atoms with E-state index in [0.717, 1.165) is 32.1 Å². The summed E-state index contributed by atoms with van der Waals surface area (Å²) in [6, 6.07) is 0. The number of carbonyl (C=O) groups is 3. The molecule has 0 bridgehead atoms. The highest BCUT2D eigenvalue weighted by Crippen LogP contribution is 2.30. The lowest BCUT2D eigenvalue weighted by Gasteiger charge is -2.24. The van der Waals surface area contributed by atoms with Crippen LogP contribution in [0, 0.1) is 5.41 Å². The number of esters is 2. The van der Waals surface area contributed by atoms with Crippen molar-refractivity contribution in [1.82, 2.24) is 0 Å². The van der Waals surface area contributed by atoms with E-state index >= 15 is 0 Å². The van der Waals surface area contributed by atoms with Crippen molar-refractivity contribution < 1.29 is 29.0 Å². The molecule has 1 N–H and O–H groups in total. The molecule has 0 aliphatic carbocycles. The van der Waals surface area contributed by atoms with Gasteiger partial charge in [-0.3, -0.25) is 14.4 Å². The zero-order valence-corrected chi connectivity index (χ0v) is 13.9. The van der Waals surface area contributed by atoms with Crippen molar-refractivity contribution in [2.24, 2.45) is 5.41 Å². The molecule has 0 unspecified atom stereocenters. The molecule has 0 heterocycles. The van der Waals surface area contributed by atoms with Gasteiger partial charge in [-0.05, 0) is 20.3 Å². The van der Waals surface area contributed by atoms with Crippen molar-refractivity contribution in [2.45, 2.75) is 65.7 Å². The van der Waals surface area contributed by atoms with E-state index in [2.05, 4.69) is 6.92 Å². The van der Waals surface area contributed by atoms with E-state index in [1.807, 2.05) is 0 Å². The van der Waals surface area contributed by atoms with Crippen LogP contribution in [0.5, 0.6) is 0 Å². The van der Waals surface area contributed by atoms with Crippen molar-refractivity contribution in [3.63, 3.8) is 0 Å². The van der Waals surface area contributed by atoms with Gasteiger partial charge in [-0.2, -0.15) is 0 Å². The van der Waals surface area contributed by atoms with E-state index in [1.54, 1.807) is 13.8 Å². The number of rotatable bonds is 12. The Kier molecular flexibility index (Phi) is 10.2. The molecule has 0 amide bonds. The molecule has 0 spiro atoms. The van der Waals surface area contributed by atoms with Gasteiger partial charge in [-0.1, -0.05) is 45.4 Å². The summed E-state index contributed by atoms with van der Waals surface area (Å²) in [6.07, 6.45) is 5.41. The molecule has 0 saturated heterocycles. The number of carboxylic acids is 1. The fraction of sp³-hybridized carbons (Fsp3) is 0.812. The number of unbranched alkanes of at least 4 members (excludes halogenated alkanes) is 5. The van der Waals surface area contributed by atoms with Gasteiger partial charge in [-0.15, -0.1) is 0 Å². The first-order valence-electron chi connectivity index (χ1n) is 8.05. The van der Waals surface area contributed by atoms with E-state index < -0.39 is 23.3 Å². The Balaban J connectivity index is 4.93. The van der Waals surface area contributed by atoms with E-state index in [4.69, 9.17) is 9.47 Å². The maximum Gasteiger partial charge on any atom is 0.335 e. The number of carbonyl (C=O) groups excluding carboxylic acids is 2. The summed E-state index contributed by atoms with van der Waals surface area (Å²) in [5.41, 5.74) is -2.24. The molecule has 0 radical (unpaired) electrons. The van der Waals surface area contributed by atoms with Gasteiger partial charge in [0, 0.05) is 0 Å². The van der Waals surface area contributed by atoms with Gasteiger partial charge in [0.2, 0.25) is 0 Å². The molecule has 0 fully saturated rings. The highest BCUT2D eigenvalue weighted by molar-refractivity contribution is 6.17. The van der Waals surface area contributed by atoms with Crippen LogP contribution in [0.25, 0.3) is 0 Å². The zero-order valence-electron chi connectivity index (χ0n) is 13.9. The maximum absolute atomic E-state index is 12.1. The predicted octanol–water partition coefficient (Wildman–Crippen LogP) is 2.93. The van der Waals surface area contributed by atoms with Crippen molar-refractivity contribution >= 4 is 17.9 Å². The molecule has 0 aliphatic heterocycles. The number of ether oxygens (including phenoxy) is 2. The molecule has 0 atom stereocenters. The Bertz CT molecular complexity index is 346. The minimum Gasteiger partial charge on any atom is -0.480 e. The fourth-order valence-corrected chi connectivity index (χ4v) is 2.25. The van der Waals surface area contributed by atoms with Crippen LogP contribution in [0.2, 0.25) is 0 Å². The Morgan fingerprint density at radius 3 is 1.68 bits per heavy atom. The van der Waals surface area contributed by atoms with Crippen LogP contribution in [0.4, 0.5) is 0 Å². The highest BCUT2D eigenvalue weighted by atomic mass is 16.6. The first-order valence-corrected chi connectivity index (χ1v) is 8.05. The standard InChI is InChI=1S/C16H28O6/c1-4-7-8-9-10-11-12-16(13(17)18,14(19)21-5-2)15(20)22-6-3/h4-12H2,1-3H3,(H,17,18). The molecule has 0 aromatic carbocycles. The van der Waals surface area contributed by atoms with Gasteiger partial charge >= 0.3 is 17.9 Å². The molecule has 0 rings (SSSR count). The zero-order chi connectivity index (χ0) is 17.0. The second kappa shape index (κ2) is 11.0. The van der Waals surface area contributed by atoms with Crippen molar-refractivity contribution in [1.29, 1.82) is 0 Å². The van der Waals surface area contributed by atoms with Crippen LogP contribution in [0.3, 0.4) is 0 Å². The van der Waals surface area contributed by atoms with Gasteiger partial charge in [0.05, 0.1) is 13.2 Å². The fourth-order valence-electron chi connectivity index (χ4n) is 2.25. The first-order chi connectivity index (χ1) is 10.5. The van der Waals surface area contributed by atoms with Gasteiger partial charge in [-0.25, -0.2) is 0 Å². The average Bonchev–Trinajstić information content (AvgIpc) is 2.46. The van der Waals surface area contributed by atoms with Crippen LogP contribution in [-0.2, 0) is 23.9 Å². The third-order valence-electron chi connectivity index (χ3n) is 3.52. The molecular formula is C16H28O6. The number of hydrogen-bond donors (Lipinski definition) is 1. The SMILES string of the molecule is CCCCCCCCC(C(=O)O)(C(=O)OCC)C(=O)OCC. The molecule has 0 aromatic heterocycles. The van der Waals surface area contributed by atoms with Crippen LogP contribution in [0.1, 0.15) is 65.7 Å². The summed E-state index contributed by atoms with van der Waals surface area (Å²) in [7, 11) is 0. The molecule has 6 nitrogen and oxygen atoms in total. The normalized spacial score (nSPS) is 11.0. The highest BCUT2D eigenvalue weighted by Gasteiger charge is 2.55. The van der Waals surface area contributed by atoms with Crippen molar-refractivity contribution in [3.8, 4) is 0 Å². The molecule has 6 heteroatoms. The molecule has 128 valence electrons. The lowest BCUT2D eigenvalue weighted by molar-refractivity contribution is -0.182. The Hall–Kier alpha value is -1.59. The topological polar surface area (TPSA) is 89.9 Å². The van der Waals surface area contributed by atoms with Crippen LogP contribution >= 0.6 is 0 Å². The summed E-state index contributed by atoms with van der Waals surface area (Å²) in [5, 5.41) is 9.46. The third kappa shape index (κ3) is 5.66. The molecule has 0 saturated carbocycles. The third-order valence-corrected chi connectivity index (χ3v) is 3.52. The quantitative estimate of drug-likeness (QED) is 0.338. The second-order valence-electron chi connectivity index (χ2n) is 5.17. The average molecular weight is 316 g/mol. The van der Waals surface area contributed by atoms with E-state index in [0.29, 0.717) is 6.42 Å². The van der Waals surface area contributed by atoms with Crippen molar-refractivity contribution in [2.75, 3.05) is 13.2 Å². The van der Waals surface area contributed by atoms with Crippen LogP contribution in [0.15, 0.2) is 0 Å². The Morgan fingerprint density at radius 1 is 0.818 bits per heavy atom. The Labute approximate surface area is 132 Å². The van der Waals surface area contributed by atoms with Gasteiger partial charge < -0.3 is 14.6 Å². The van der Waals surface area contributed by atoms with Gasteiger partial charge in [0.1, 0.15) is 0 Å². The summed E-state index contributed by atoms with van der Waals surface area (Å²) >= 11 is 0. The van der Waals surface area contributed by atoms with Gasteiger partial charge in [0.15, 0.2) is 0 Å². The van der Waals surface area contributed by atoms with E-state index in [1.165, 1.54) is 0 Å². The molecule has 22 heavy (non-hydrogen) atoms. The number of hydrogen-bond acceptors (Lipinski definition) is 5. The summed E-state index contributed by atoms with van der Waals surface area (Å²) in [6.45, 7) is 5.28. The monoisotopic (exact) mass is 316 g/mol. The van der Waals surface area contributed by atoms with E-state index in [9.17, 15) is 19.5 Å². The lowest BCUT2D eigenvalue weighted by atomic mass is 9.82. The lowest BCUT2D eigenvalue weighted by Crippen LogP contribution is -2.48. The predicted molar refractivity (Wildman–Crippen MR) is 81.3 cm³/mol. The summed E-state index contributed by atoms with van der Waals surface area (Å²) in [5.74, 6) is -3.57. The van der Waals surface area contributed by atoms with Crippen molar-refractivity contribution in [3.05, 3.63) is 0 Å². The molecule has 0 aliphatic rings. The molecular weight excluding hydrogens is 288 g/mol. The number of aliphatic carboxylic acids is 1. The minimum absolute atomic E-state index is 0.0176. The van der Waals surface area contributed by atoms with Crippen LogP contribution < -0.4 is 0 Å². The first kappa shape index (κ1) is 20.4. The van der Waals surface area contributed by atoms with E-state index in [-0.39, 0.29) is 19.6 Å². The maximum atomic E-state index is 12.1. The Morgan fingerprint density at radius 2 is 1.27 bits per heavy atom. The summed E-state index contributed by atoms with van der Waals surface area (Å²) in [4.78, 5) is 35.8. The minimum atomic E-state index is -2.24. The smallest absolute Gasteiger partial charge is 0.335 e. The van der Waals surface area contributed by atoms with Gasteiger partial charge in [0.25, 0.3) is 5.41 Å². The molecule has 0 aromatic rings.